The summed E-state index contributed by atoms with van der Waals surface area (Å²) in [5.74, 6) is 0.367. The molecule has 0 aliphatic carbocycles. The highest BCUT2D eigenvalue weighted by Gasteiger charge is 2.11. The Morgan fingerprint density at radius 1 is 0.884 bits per heavy atom. The van der Waals surface area contributed by atoms with E-state index in [0.29, 0.717) is 22.1 Å². The molecule has 2 aromatic heterocycles. The molecule has 0 aliphatic heterocycles. The lowest BCUT2D eigenvalue weighted by Gasteiger charge is -2.10. The Balaban J connectivity index is 1.28. The van der Waals surface area contributed by atoms with Crippen molar-refractivity contribution in [3.05, 3.63) is 110 Å². The van der Waals surface area contributed by atoms with Gasteiger partial charge in [0.05, 0.1) is 22.6 Å². The summed E-state index contributed by atoms with van der Waals surface area (Å²) in [6.45, 7) is 4.08. The van der Waals surface area contributed by atoms with Crippen LogP contribution in [0, 0.1) is 6.92 Å². The van der Waals surface area contributed by atoms with Crippen molar-refractivity contribution in [3.63, 3.8) is 0 Å². The van der Waals surface area contributed by atoms with Gasteiger partial charge in [0.25, 0.3) is 5.56 Å². The Morgan fingerprint density at radius 2 is 1.65 bits per heavy atom. The summed E-state index contributed by atoms with van der Waals surface area (Å²) in [5.41, 5.74) is 3.72. The Labute approximate surface area is 253 Å². The number of unbranched alkanes of at least 4 members (excludes halogenated alkanes) is 3. The zero-order valence-corrected chi connectivity index (χ0v) is 24.7. The number of hydrogen-bond donors (Lipinski definition) is 4. The molecule has 5 aromatic rings. The van der Waals surface area contributed by atoms with Crippen LogP contribution in [-0.4, -0.2) is 24.7 Å². The minimum absolute atomic E-state index is 0.123. The van der Waals surface area contributed by atoms with Crippen molar-refractivity contribution in [3.8, 4) is 5.69 Å². The molecular weight excluding hydrogens is 566 g/mol. The van der Waals surface area contributed by atoms with E-state index >= 15 is 0 Å². The SMILES string of the molecule is CCCCCCc1ccc(Nc2nc(Nc3ccc(C)c(N=Nc4c[nH]n(-c5ccccc5Cl)c4=O)c3)[nH]c(=O)n2)cc1. The molecule has 0 saturated heterocycles. The second kappa shape index (κ2) is 13.8. The van der Waals surface area contributed by atoms with Crippen molar-refractivity contribution in [2.45, 2.75) is 46.0 Å². The molecule has 12 heteroatoms. The van der Waals surface area contributed by atoms with E-state index in [9.17, 15) is 9.59 Å². The van der Waals surface area contributed by atoms with Crippen LogP contribution in [0.5, 0.6) is 0 Å². The van der Waals surface area contributed by atoms with E-state index in [1.165, 1.54) is 42.1 Å². The Morgan fingerprint density at radius 3 is 2.44 bits per heavy atom. The summed E-state index contributed by atoms with van der Waals surface area (Å²) in [6.07, 6.45) is 7.38. The number of para-hydroxylation sites is 1. The zero-order valence-electron chi connectivity index (χ0n) is 23.9. The molecule has 0 radical (unpaired) electrons. The van der Waals surface area contributed by atoms with Gasteiger partial charge in [-0.05, 0) is 67.3 Å². The van der Waals surface area contributed by atoms with Crippen molar-refractivity contribution in [2.24, 2.45) is 10.2 Å². The molecule has 0 fully saturated rings. The van der Waals surface area contributed by atoms with Crippen molar-refractivity contribution in [1.29, 1.82) is 0 Å². The summed E-state index contributed by atoms with van der Waals surface area (Å²) in [6, 6.07) is 20.5. The van der Waals surface area contributed by atoms with Gasteiger partial charge in [-0.15, -0.1) is 10.2 Å². The van der Waals surface area contributed by atoms with Gasteiger partial charge in [0.1, 0.15) is 0 Å². The fourth-order valence-corrected chi connectivity index (χ4v) is 4.64. The molecule has 2 heterocycles. The van der Waals surface area contributed by atoms with Crippen LogP contribution in [-0.2, 0) is 6.42 Å². The van der Waals surface area contributed by atoms with E-state index in [-0.39, 0.29) is 23.1 Å². The largest absolute Gasteiger partial charge is 0.351 e. The van der Waals surface area contributed by atoms with Gasteiger partial charge in [-0.3, -0.25) is 14.9 Å². The average Bonchev–Trinajstić information content (AvgIpc) is 3.36. The normalized spacial score (nSPS) is 11.2. The van der Waals surface area contributed by atoms with E-state index in [4.69, 9.17) is 11.6 Å². The molecule has 0 unspecified atom stereocenters. The van der Waals surface area contributed by atoms with E-state index in [0.717, 1.165) is 17.7 Å². The molecule has 3 aromatic carbocycles. The predicted octanol–water partition coefficient (Wildman–Crippen LogP) is 7.63. The Bertz CT molecular complexity index is 1840. The quantitative estimate of drug-likeness (QED) is 0.0859. The summed E-state index contributed by atoms with van der Waals surface area (Å²) >= 11 is 6.23. The van der Waals surface area contributed by atoms with E-state index in [1.807, 2.05) is 31.2 Å². The highest BCUT2D eigenvalue weighted by atomic mass is 35.5. The molecule has 4 N–H and O–H groups in total. The minimum Gasteiger partial charge on any atom is -0.325 e. The highest BCUT2D eigenvalue weighted by molar-refractivity contribution is 6.32. The van der Waals surface area contributed by atoms with Crippen LogP contribution in [0.15, 0.2) is 92.7 Å². The van der Waals surface area contributed by atoms with Gasteiger partial charge in [0, 0.05) is 11.4 Å². The summed E-state index contributed by atoms with van der Waals surface area (Å²) in [4.78, 5) is 36.1. The molecule has 5 rings (SSSR count). The van der Waals surface area contributed by atoms with Crippen molar-refractivity contribution < 1.29 is 0 Å². The topological polar surface area (TPSA) is 145 Å². The maximum atomic E-state index is 12.9. The van der Waals surface area contributed by atoms with Crippen molar-refractivity contribution >= 4 is 46.2 Å². The summed E-state index contributed by atoms with van der Waals surface area (Å²) in [5, 5.41) is 17.9. The third-order valence-corrected chi connectivity index (χ3v) is 7.08. The first-order chi connectivity index (χ1) is 20.9. The Hall–Kier alpha value is -5.03. The lowest BCUT2D eigenvalue weighted by Crippen LogP contribution is -2.16. The number of benzene rings is 3. The van der Waals surface area contributed by atoms with Crippen LogP contribution in [0.25, 0.3) is 5.69 Å². The monoisotopic (exact) mass is 597 g/mol. The third kappa shape index (κ3) is 7.63. The number of nitrogens with zero attached hydrogens (tertiary/aromatic N) is 5. The molecule has 220 valence electrons. The first-order valence-electron chi connectivity index (χ1n) is 14.1. The molecule has 0 amide bonds. The smallest absolute Gasteiger partial charge is 0.325 e. The number of H-pyrrole nitrogens is 2. The molecule has 43 heavy (non-hydrogen) atoms. The van der Waals surface area contributed by atoms with Crippen LogP contribution in [0.3, 0.4) is 0 Å². The number of aromatic amines is 2. The van der Waals surface area contributed by atoms with Crippen LogP contribution in [0.4, 0.5) is 34.6 Å². The molecular formula is C31H32ClN9O2. The number of rotatable bonds is 12. The van der Waals surface area contributed by atoms with Crippen LogP contribution < -0.4 is 21.9 Å². The number of aromatic nitrogens is 5. The lowest BCUT2D eigenvalue weighted by molar-refractivity contribution is 0.667. The average molecular weight is 598 g/mol. The number of hydrogen-bond acceptors (Lipinski definition) is 8. The summed E-state index contributed by atoms with van der Waals surface area (Å²) < 4.78 is 1.31. The Kier molecular flexibility index (Phi) is 9.42. The fourth-order valence-electron chi connectivity index (χ4n) is 4.42. The maximum Gasteiger partial charge on any atom is 0.351 e. The molecule has 11 nitrogen and oxygen atoms in total. The summed E-state index contributed by atoms with van der Waals surface area (Å²) in [7, 11) is 0. The van der Waals surface area contributed by atoms with E-state index in [2.05, 4.69) is 60.0 Å². The minimum atomic E-state index is -0.554. The molecule has 0 bridgehead atoms. The molecule has 0 atom stereocenters. The number of halogens is 1. The standard InChI is InChI=1S/C31H32ClN9O2/c1-3-4-5-6-9-21-13-16-22(17-14-21)34-29-36-30(38-31(43)37-29)35-23-15-12-20(2)25(18-23)39-40-26-19-33-41(28(26)42)27-11-8-7-10-24(27)32/h7-8,10-19,33H,3-6,9H2,1-2H3,(H3,34,35,36,37,38,43). The highest BCUT2D eigenvalue weighted by Crippen LogP contribution is 2.27. The van der Waals surface area contributed by atoms with Crippen LogP contribution in [0.1, 0.15) is 43.7 Å². The van der Waals surface area contributed by atoms with Gasteiger partial charge in [-0.2, -0.15) is 9.97 Å². The second-order valence-electron chi connectivity index (χ2n) is 10.0. The van der Waals surface area contributed by atoms with Crippen LogP contribution >= 0.6 is 11.6 Å². The first-order valence-corrected chi connectivity index (χ1v) is 14.5. The zero-order chi connectivity index (χ0) is 30.2. The second-order valence-corrected chi connectivity index (χ2v) is 10.4. The van der Waals surface area contributed by atoms with Gasteiger partial charge in [0.15, 0.2) is 5.69 Å². The van der Waals surface area contributed by atoms with Crippen LogP contribution in [0.2, 0.25) is 5.02 Å². The van der Waals surface area contributed by atoms with Gasteiger partial charge in [-0.25, -0.2) is 9.48 Å². The van der Waals surface area contributed by atoms with Gasteiger partial charge >= 0.3 is 5.69 Å². The lowest BCUT2D eigenvalue weighted by atomic mass is 10.1. The number of azo groups is 1. The molecule has 0 spiro atoms. The predicted molar refractivity (Wildman–Crippen MR) is 170 cm³/mol. The van der Waals surface area contributed by atoms with E-state index in [1.54, 1.807) is 30.3 Å². The maximum absolute atomic E-state index is 12.9. The first kappa shape index (κ1) is 29.5. The van der Waals surface area contributed by atoms with E-state index < -0.39 is 5.69 Å². The van der Waals surface area contributed by atoms with Gasteiger partial charge < -0.3 is 10.6 Å². The third-order valence-electron chi connectivity index (χ3n) is 6.76. The van der Waals surface area contributed by atoms with Gasteiger partial charge in [-0.1, -0.05) is 68.1 Å². The number of aryl methyl sites for hydroxylation is 2. The molecule has 0 saturated carbocycles. The van der Waals surface area contributed by atoms with Crippen molar-refractivity contribution in [1.82, 2.24) is 24.7 Å². The fraction of sp³-hybridized carbons (Fsp3) is 0.226. The number of anilines is 4. The molecule has 0 aliphatic rings. The van der Waals surface area contributed by atoms with Crippen molar-refractivity contribution in [2.75, 3.05) is 10.6 Å². The van der Waals surface area contributed by atoms with Gasteiger partial charge in [0.2, 0.25) is 11.9 Å². The number of nitrogens with one attached hydrogen (secondary N) is 4.